The van der Waals surface area contributed by atoms with Gasteiger partial charge in [-0.25, -0.2) is 9.97 Å². The lowest BCUT2D eigenvalue weighted by molar-refractivity contribution is 0.0511. The van der Waals surface area contributed by atoms with Gasteiger partial charge in [-0.1, -0.05) is 12.1 Å². The molecule has 4 rings (SSSR count). The first-order valence-electron chi connectivity index (χ1n) is 9.71. The van der Waals surface area contributed by atoms with E-state index in [-0.39, 0.29) is 13.4 Å². The number of hydrogen-bond donors (Lipinski definition) is 2. The van der Waals surface area contributed by atoms with Gasteiger partial charge in [-0.2, -0.15) is 0 Å². The van der Waals surface area contributed by atoms with Gasteiger partial charge < -0.3 is 29.3 Å². The van der Waals surface area contributed by atoms with Crippen molar-refractivity contribution in [1.82, 2.24) is 15.0 Å². The molecule has 0 saturated carbocycles. The topological polar surface area (TPSA) is 110 Å². The predicted octanol–water partition coefficient (Wildman–Crippen LogP) is 1.54. The van der Waals surface area contributed by atoms with Gasteiger partial charge in [0.2, 0.25) is 0 Å². The van der Waals surface area contributed by atoms with Crippen molar-refractivity contribution in [2.45, 2.75) is 6.10 Å². The second-order valence-corrected chi connectivity index (χ2v) is 6.88. The van der Waals surface area contributed by atoms with Crippen LogP contribution in [-0.2, 0) is 9.47 Å². The molecule has 0 aliphatic carbocycles. The van der Waals surface area contributed by atoms with Gasteiger partial charge in [-0.3, -0.25) is 4.98 Å². The number of anilines is 1. The number of hydrogen-bond acceptors (Lipinski definition) is 9. The summed E-state index contributed by atoms with van der Waals surface area (Å²) >= 11 is 0. The number of morpholine rings is 1. The van der Waals surface area contributed by atoms with Gasteiger partial charge in [0, 0.05) is 37.5 Å². The Labute approximate surface area is 173 Å². The Bertz CT molecular complexity index is 1010. The zero-order chi connectivity index (χ0) is 20.9. The van der Waals surface area contributed by atoms with E-state index in [1.165, 1.54) is 0 Å². The number of aromatic nitrogens is 3. The summed E-state index contributed by atoms with van der Waals surface area (Å²) in [6.45, 7) is 2.38. The molecular weight excluding hydrogens is 388 g/mol. The maximum Gasteiger partial charge on any atom is 0.188 e. The van der Waals surface area contributed by atoms with Gasteiger partial charge in [0.1, 0.15) is 17.4 Å². The molecule has 2 aromatic heterocycles. The van der Waals surface area contributed by atoms with E-state index in [9.17, 15) is 10.2 Å². The van der Waals surface area contributed by atoms with E-state index < -0.39 is 6.10 Å². The second-order valence-electron chi connectivity index (χ2n) is 6.88. The van der Waals surface area contributed by atoms with E-state index >= 15 is 0 Å². The SMILES string of the molecule is COCOc1cccc(-c2nc(N3CCOCC3)c3ncc(C(O)CO)cc3n2)c1. The molecule has 1 aliphatic heterocycles. The normalized spacial score (nSPS) is 15.4. The van der Waals surface area contributed by atoms with Crippen LogP contribution in [0.25, 0.3) is 22.4 Å². The molecule has 1 aliphatic rings. The van der Waals surface area contributed by atoms with Gasteiger partial charge >= 0.3 is 0 Å². The molecule has 1 aromatic carbocycles. The van der Waals surface area contributed by atoms with Crippen LogP contribution >= 0.6 is 0 Å². The quantitative estimate of drug-likeness (QED) is 0.558. The fourth-order valence-electron chi connectivity index (χ4n) is 3.28. The molecule has 9 heteroatoms. The first-order valence-corrected chi connectivity index (χ1v) is 9.71. The van der Waals surface area contributed by atoms with Gasteiger partial charge in [0.05, 0.1) is 25.3 Å². The summed E-state index contributed by atoms with van der Waals surface area (Å²) in [5, 5.41) is 19.3. The van der Waals surface area contributed by atoms with Crippen LogP contribution in [0.4, 0.5) is 5.82 Å². The molecule has 1 saturated heterocycles. The molecule has 2 N–H and O–H groups in total. The Hall–Kier alpha value is -2.85. The van der Waals surface area contributed by atoms with Crippen LogP contribution in [0.5, 0.6) is 5.75 Å². The zero-order valence-corrected chi connectivity index (χ0v) is 16.7. The largest absolute Gasteiger partial charge is 0.468 e. The van der Waals surface area contributed by atoms with Crippen molar-refractivity contribution in [3.8, 4) is 17.1 Å². The minimum Gasteiger partial charge on any atom is -0.468 e. The summed E-state index contributed by atoms with van der Waals surface area (Å²) < 4.78 is 16.0. The molecule has 1 atom stereocenters. The zero-order valence-electron chi connectivity index (χ0n) is 16.7. The van der Waals surface area contributed by atoms with Crippen LogP contribution in [0.1, 0.15) is 11.7 Å². The number of benzene rings is 1. The van der Waals surface area contributed by atoms with E-state index in [4.69, 9.17) is 19.2 Å². The predicted molar refractivity (Wildman–Crippen MR) is 110 cm³/mol. The Morgan fingerprint density at radius 1 is 1.20 bits per heavy atom. The van der Waals surface area contributed by atoms with Crippen molar-refractivity contribution in [2.24, 2.45) is 0 Å². The number of ether oxygens (including phenoxy) is 3. The summed E-state index contributed by atoms with van der Waals surface area (Å²) in [7, 11) is 1.57. The highest BCUT2D eigenvalue weighted by molar-refractivity contribution is 5.88. The highest BCUT2D eigenvalue weighted by Crippen LogP contribution is 2.29. The smallest absolute Gasteiger partial charge is 0.188 e. The lowest BCUT2D eigenvalue weighted by atomic mass is 10.1. The molecule has 0 spiro atoms. The van der Waals surface area contributed by atoms with E-state index in [1.54, 1.807) is 19.4 Å². The Balaban J connectivity index is 1.82. The summed E-state index contributed by atoms with van der Waals surface area (Å²) in [5.41, 5.74) is 2.52. The van der Waals surface area contributed by atoms with Crippen molar-refractivity contribution >= 4 is 16.9 Å². The average Bonchev–Trinajstić information content (AvgIpc) is 2.81. The second kappa shape index (κ2) is 9.31. The molecule has 9 nitrogen and oxygen atoms in total. The number of aliphatic hydroxyl groups excluding tert-OH is 2. The lowest BCUT2D eigenvalue weighted by Crippen LogP contribution is -2.37. The van der Waals surface area contributed by atoms with Crippen LogP contribution in [-0.4, -0.2) is 72.0 Å². The monoisotopic (exact) mass is 412 g/mol. The first-order chi connectivity index (χ1) is 14.7. The number of nitrogens with zero attached hydrogens (tertiary/aromatic N) is 4. The molecule has 0 amide bonds. The maximum absolute atomic E-state index is 10.0. The van der Waals surface area contributed by atoms with Crippen molar-refractivity contribution in [1.29, 1.82) is 0 Å². The van der Waals surface area contributed by atoms with Crippen molar-refractivity contribution in [3.63, 3.8) is 0 Å². The molecule has 0 bridgehead atoms. The first kappa shape index (κ1) is 20.4. The third-order valence-corrected chi connectivity index (χ3v) is 4.84. The molecule has 3 heterocycles. The highest BCUT2D eigenvalue weighted by Gasteiger charge is 2.20. The Morgan fingerprint density at radius 3 is 2.80 bits per heavy atom. The van der Waals surface area contributed by atoms with Gasteiger partial charge in [-0.15, -0.1) is 0 Å². The average molecular weight is 412 g/mol. The van der Waals surface area contributed by atoms with Crippen LogP contribution < -0.4 is 9.64 Å². The highest BCUT2D eigenvalue weighted by atomic mass is 16.7. The molecule has 3 aromatic rings. The third kappa shape index (κ3) is 4.34. The minimum absolute atomic E-state index is 0.146. The molecular formula is C21H24N4O5. The Kier molecular flexibility index (Phi) is 6.34. The van der Waals surface area contributed by atoms with Crippen molar-refractivity contribution in [2.75, 3.05) is 51.7 Å². The van der Waals surface area contributed by atoms with Crippen LogP contribution in [0.2, 0.25) is 0 Å². The van der Waals surface area contributed by atoms with E-state index in [0.29, 0.717) is 60.3 Å². The molecule has 1 fully saturated rings. The number of methoxy groups -OCH3 is 1. The van der Waals surface area contributed by atoms with E-state index in [2.05, 4.69) is 14.9 Å². The Morgan fingerprint density at radius 2 is 2.03 bits per heavy atom. The fourth-order valence-corrected chi connectivity index (χ4v) is 3.28. The lowest BCUT2D eigenvalue weighted by Gasteiger charge is -2.28. The number of rotatable bonds is 7. The molecule has 30 heavy (non-hydrogen) atoms. The van der Waals surface area contributed by atoms with Gasteiger partial charge in [0.15, 0.2) is 18.4 Å². The maximum atomic E-state index is 10.0. The summed E-state index contributed by atoms with van der Waals surface area (Å²) in [5.74, 6) is 1.88. The third-order valence-electron chi connectivity index (χ3n) is 4.84. The molecule has 1 unspecified atom stereocenters. The van der Waals surface area contributed by atoms with Gasteiger partial charge in [0.25, 0.3) is 0 Å². The van der Waals surface area contributed by atoms with Crippen LogP contribution in [0, 0.1) is 0 Å². The fraction of sp³-hybridized carbons (Fsp3) is 0.381. The number of aliphatic hydroxyl groups is 2. The van der Waals surface area contributed by atoms with E-state index in [1.807, 2.05) is 24.3 Å². The van der Waals surface area contributed by atoms with E-state index in [0.717, 1.165) is 5.56 Å². The van der Waals surface area contributed by atoms with Crippen molar-refractivity contribution in [3.05, 3.63) is 42.1 Å². The number of fused-ring (bicyclic) bond motifs is 1. The minimum atomic E-state index is -1.02. The summed E-state index contributed by atoms with van der Waals surface area (Å²) in [6, 6.07) is 9.20. The summed E-state index contributed by atoms with van der Waals surface area (Å²) in [6.07, 6.45) is 0.535. The van der Waals surface area contributed by atoms with Crippen LogP contribution in [0.15, 0.2) is 36.5 Å². The van der Waals surface area contributed by atoms with Crippen LogP contribution in [0.3, 0.4) is 0 Å². The summed E-state index contributed by atoms with van der Waals surface area (Å²) in [4.78, 5) is 16.1. The molecule has 0 radical (unpaired) electrons. The standard InChI is InChI=1S/C21H24N4O5/c1-28-13-30-16-4-2-3-14(9-16)20-23-17-10-15(18(27)12-26)11-22-19(17)21(24-20)25-5-7-29-8-6-25/h2-4,9-11,18,26-27H,5-8,12-13H2,1H3. The number of pyridine rings is 1. The molecule has 158 valence electrons. The van der Waals surface area contributed by atoms with Crippen molar-refractivity contribution < 1.29 is 24.4 Å². The van der Waals surface area contributed by atoms with Gasteiger partial charge in [-0.05, 0) is 18.2 Å².